The van der Waals surface area contributed by atoms with Crippen molar-refractivity contribution in [3.05, 3.63) is 59.7 Å². The summed E-state index contributed by atoms with van der Waals surface area (Å²) in [7, 11) is 0. The molecule has 0 saturated carbocycles. The van der Waals surface area contributed by atoms with Gasteiger partial charge >= 0.3 is 6.18 Å². The van der Waals surface area contributed by atoms with Crippen molar-refractivity contribution in [1.29, 1.82) is 0 Å². The summed E-state index contributed by atoms with van der Waals surface area (Å²) in [6.45, 7) is 1.63. The Bertz CT molecular complexity index is 929. The van der Waals surface area contributed by atoms with E-state index in [4.69, 9.17) is 9.47 Å². The summed E-state index contributed by atoms with van der Waals surface area (Å²) >= 11 is 0. The van der Waals surface area contributed by atoms with Gasteiger partial charge < -0.3 is 14.8 Å². The molecule has 6 nitrogen and oxygen atoms in total. The number of alkyl halides is 5. The van der Waals surface area contributed by atoms with Gasteiger partial charge in [-0.1, -0.05) is 0 Å². The summed E-state index contributed by atoms with van der Waals surface area (Å²) in [5, 5.41) is 2.83. The first-order chi connectivity index (χ1) is 16.9. The Kier molecular flexibility index (Phi) is 8.89. The number of hydrogen-bond donors (Lipinski definition) is 1. The van der Waals surface area contributed by atoms with Gasteiger partial charge in [0.2, 0.25) is 0 Å². The lowest BCUT2D eigenvalue weighted by Crippen LogP contribution is -2.47. The molecule has 1 aliphatic heterocycles. The van der Waals surface area contributed by atoms with E-state index >= 15 is 0 Å². The second-order valence-corrected chi connectivity index (χ2v) is 8.67. The third kappa shape index (κ3) is 8.47. The lowest BCUT2D eigenvalue weighted by atomic mass is 10.0. The van der Waals surface area contributed by atoms with Crippen LogP contribution in [0.5, 0.6) is 11.5 Å². The molecule has 0 aromatic heterocycles. The first-order valence-corrected chi connectivity index (χ1v) is 11.3. The van der Waals surface area contributed by atoms with Crippen molar-refractivity contribution in [2.45, 2.75) is 37.9 Å². The molecule has 196 valence electrons. The summed E-state index contributed by atoms with van der Waals surface area (Å²) in [4.78, 5) is 26.3. The lowest BCUT2D eigenvalue weighted by molar-refractivity contribution is -0.137. The molecule has 1 saturated heterocycles. The van der Waals surface area contributed by atoms with Crippen LogP contribution in [0.15, 0.2) is 48.5 Å². The molecule has 1 aliphatic rings. The van der Waals surface area contributed by atoms with Crippen molar-refractivity contribution >= 4 is 11.7 Å². The summed E-state index contributed by atoms with van der Waals surface area (Å²) in [5.74, 6) is -3.00. The smallest absolute Gasteiger partial charge is 0.416 e. The average molecular weight is 514 g/mol. The van der Waals surface area contributed by atoms with Gasteiger partial charge in [0.15, 0.2) is 12.4 Å². The highest BCUT2D eigenvalue weighted by atomic mass is 19.4. The van der Waals surface area contributed by atoms with E-state index in [1.807, 2.05) is 4.90 Å². The van der Waals surface area contributed by atoms with Crippen molar-refractivity contribution in [2.24, 2.45) is 0 Å². The van der Waals surface area contributed by atoms with Crippen molar-refractivity contribution < 1.29 is 41.0 Å². The zero-order valence-electron chi connectivity index (χ0n) is 19.6. The quantitative estimate of drug-likeness (QED) is 0.476. The number of carbonyl (C=O) groups is 2. The predicted molar refractivity (Wildman–Crippen MR) is 121 cm³/mol. The Morgan fingerprint density at radius 2 is 1.36 bits per heavy atom. The molecule has 0 atom stereocenters. The third-order valence-electron chi connectivity index (χ3n) is 5.67. The number of benzene rings is 2. The van der Waals surface area contributed by atoms with Crippen molar-refractivity contribution in [1.82, 2.24) is 10.2 Å². The van der Waals surface area contributed by atoms with Gasteiger partial charge in [0.05, 0.1) is 12.1 Å². The van der Waals surface area contributed by atoms with Crippen molar-refractivity contribution in [2.75, 3.05) is 32.8 Å². The zero-order valence-corrected chi connectivity index (χ0v) is 19.6. The highest BCUT2D eigenvalue weighted by molar-refractivity contribution is 5.82. The molecule has 3 rings (SSSR count). The number of nitrogens with one attached hydrogen (secondary N) is 1. The highest BCUT2D eigenvalue weighted by Crippen LogP contribution is 2.30. The Hall–Kier alpha value is -3.21. The second-order valence-electron chi connectivity index (χ2n) is 8.67. The van der Waals surface area contributed by atoms with E-state index in [2.05, 4.69) is 5.32 Å². The van der Waals surface area contributed by atoms with E-state index in [-0.39, 0.29) is 48.8 Å². The molecule has 0 aliphatic carbocycles. The normalized spacial score (nSPS) is 15.4. The molecule has 0 radical (unpaired) electrons. The molecule has 0 spiro atoms. The van der Waals surface area contributed by atoms with E-state index in [9.17, 15) is 31.5 Å². The Balaban J connectivity index is 1.32. The van der Waals surface area contributed by atoms with Crippen LogP contribution in [0.3, 0.4) is 0 Å². The first kappa shape index (κ1) is 27.4. The number of likely N-dealkylation sites (tertiary alicyclic amines) is 1. The van der Waals surface area contributed by atoms with Crippen LogP contribution < -0.4 is 14.8 Å². The monoisotopic (exact) mass is 514 g/mol. The van der Waals surface area contributed by atoms with E-state index in [1.165, 1.54) is 24.3 Å². The minimum Gasteiger partial charge on any atom is -0.486 e. The number of ether oxygens (including phenoxy) is 2. The van der Waals surface area contributed by atoms with Gasteiger partial charge in [0.1, 0.15) is 18.1 Å². The molecule has 1 amide bonds. The number of rotatable bonds is 10. The molecule has 0 bridgehead atoms. The van der Waals surface area contributed by atoms with Gasteiger partial charge in [-0.25, -0.2) is 8.78 Å². The maximum atomic E-state index is 13.3. The van der Waals surface area contributed by atoms with Crippen LogP contribution in [-0.4, -0.2) is 55.5 Å². The number of Topliss-reactive ketones (excluding diaryl/α,β-unsaturated/α-hetero) is 1. The van der Waals surface area contributed by atoms with Gasteiger partial charge in [-0.15, -0.1) is 0 Å². The highest BCUT2D eigenvalue weighted by Gasteiger charge is 2.30. The minimum atomic E-state index is -4.44. The zero-order chi connectivity index (χ0) is 26.3. The summed E-state index contributed by atoms with van der Waals surface area (Å²) in [5.41, 5.74) is -0.934. The maximum Gasteiger partial charge on any atom is 0.416 e. The fraction of sp³-hybridized carbons (Fsp3) is 0.440. The van der Waals surface area contributed by atoms with Crippen molar-refractivity contribution in [3.63, 3.8) is 0 Å². The number of ketones is 1. The molecule has 1 heterocycles. The SMILES string of the molecule is CC(F)(F)c1ccc(OCC(=O)CN2CCC(NC(=O)COc3ccc(C(F)(F)F)cc3)CC2)cc1. The van der Waals surface area contributed by atoms with Crippen LogP contribution in [0.2, 0.25) is 0 Å². The number of hydrogen-bond acceptors (Lipinski definition) is 5. The number of nitrogens with zero attached hydrogens (tertiary/aromatic N) is 1. The van der Waals surface area contributed by atoms with Crippen LogP contribution in [0.25, 0.3) is 0 Å². The molecule has 2 aromatic carbocycles. The summed E-state index contributed by atoms with van der Waals surface area (Å²) < 4.78 is 74.9. The minimum absolute atomic E-state index is 0.105. The van der Waals surface area contributed by atoms with Gasteiger partial charge in [0, 0.05) is 31.6 Å². The van der Waals surface area contributed by atoms with Crippen LogP contribution in [-0.2, 0) is 21.7 Å². The molecule has 1 N–H and O–H groups in total. The van der Waals surface area contributed by atoms with Crippen LogP contribution in [0.4, 0.5) is 22.0 Å². The molecule has 36 heavy (non-hydrogen) atoms. The van der Waals surface area contributed by atoms with E-state index in [0.717, 1.165) is 31.2 Å². The Labute approximate surface area is 205 Å². The molecule has 2 aromatic rings. The molecular formula is C25H27F5N2O4. The number of amides is 1. The standard InChI is InChI=1S/C25H27F5N2O4/c1-24(26,27)17-2-6-21(7-3-17)35-15-20(33)14-32-12-10-19(11-13-32)31-23(34)16-36-22-8-4-18(5-9-22)25(28,29)30/h2-9,19H,10-16H2,1H3,(H,31,34). The Morgan fingerprint density at radius 1 is 0.861 bits per heavy atom. The molecule has 0 unspecified atom stereocenters. The maximum absolute atomic E-state index is 13.3. The summed E-state index contributed by atoms with van der Waals surface area (Å²) in [6, 6.07) is 9.30. The van der Waals surface area contributed by atoms with Crippen LogP contribution in [0.1, 0.15) is 30.9 Å². The van der Waals surface area contributed by atoms with E-state index < -0.39 is 17.7 Å². The van der Waals surface area contributed by atoms with E-state index in [1.54, 1.807) is 0 Å². The summed E-state index contributed by atoms with van der Waals surface area (Å²) in [6.07, 6.45) is -3.20. The van der Waals surface area contributed by atoms with Crippen LogP contribution in [0, 0.1) is 0 Å². The number of piperidine rings is 1. The van der Waals surface area contributed by atoms with Gasteiger partial charge in [-0.2, -0.15) is 13.2 Å². The van der Waals surface area contributed by atoms with E-state index in [0.29, 0.717) is 31.7 Å². The topological polar surface area (TPSA) is 67.9 Å². The Morgan fingerprint density at radius 3 is 1.86 bits per heavy atom. The lowest BCUT2D eigenvalue weighted by Gasteiger charge is -2.31. The molecule has 1 fully saturated rings. The first-order valence-electron chi connectivity index (χ1n) is 11.3. The largest absolute Gasteiger partial charge is 0.486 e. The van der Waals surface area contributed by atoms with Gasteiger partial charge in [-0.05, 0) is 61.4 Å². The third-order valence-corrected chi connectivity index (χ3v) is 5.67. The predicted octanol–water partition coefficient (Wildman–Crippen LogP) is 4.42. The fourth-order valence-corrected chi connectivity index (χ4v) is 3.70. The van der Waals surface area contributed by atoms with Crippen molar-refractivity contribution in [3.8, 4) is 11.5 Å². The average Bonchev–Trinajstić information content (AvgIpc) is 2.82. The molecular weight excluding hydrogens is 487 g/mol. The fourth-order valence-electron chi connectivity index (χ4n) is 3.70. The molecule has 11 heteroatoms. The number of halogens is 5. The second kappa shape index (κ2) is 11.7. The van der Waals surface area contributed by atoms with Gasteiger partial charge in [-0.3, -0.25) is 14.5 Å². The number of carbonyl (C=O) groups excluding carboxylic acids is 2. The van der Waals surface area contributed by atoms with Gasteiger partial charge in [0.25, 0.3) is 11.8 Å². The van der Waals surface area contributed by atoms with Crippen LogP contribution >= 0.6 is 0 Å².